The maximum Gasteiger partial charge on any atom is 0.137 e. The van der Waals surface area contributed by atoms with Crippen LogP contribution in [-0.2, 0) is 11.2 Å². The normalized spacial score (nSPS) is 13.6. The van der Waals surface area contributed by atoms with Gasteiger partial charge in [-0.25, -0.2) is 0 Å². The van der Waals surface area contributed by atoms with Crippen molar-refractivity contribution >= 4 is 12.0 Å². The molecule has 0 spiro atoms. The van der Waals surface area contributed by atoms with Crippen LogP contribution in [-0.4, -0.2) is 12.3 Å². The second kappa shape index (κ2) is 8.49. The minimum atomic E-state index is -0.460. The van der Waals surface area contributed by atoms with E-state index in [1.54, 1.807) is 0 Å². The van der Waals surface area contributed by atoms with Crippen molar-refractivity contribution in [1.29, 1.82) is 0 Å². The lowest BCUT2D eigenvalue weighted by Crippen LogP contribution is -2.25. The maximum absolute atomic E-state index is 10.9. The molecule has 0 aliphatic heterocycles. The van der Waals surface area contributed by atoms with Crippen LogP contribution in [0.15, 0.2) is 54.6 Å². The zero-order chi connectivity index (χ0) is 16.7. The van der Waals surface area contributed by atoms with Crippen molar-refractivity contribution in [1.82, 2.24) is 0 Å². The fourth-order valence-electron chi connectivity index (χ4n) is 2.76. The van der Waals surface area contributed by atoms with Gasteiger partial charge in [0.25, 0.3) is 0 Å². The lowest BCUT2D eigenvalue weighted by molar-refractivity contribution is -0.108. The van der Waals surface area contributed by atoms with Gasteiger partial charge >= 0.3 is 0 Å². The molecule has 3 N–H and O–H groups in total. The van der Waals surface area contributed by atoms with E-state index in [4.69, 9.17) is 5.73 Å². The Morgan fingerprint density at radius 1 is 1.04 bits per heavy atom. The zero-order valence-corrected chi connectivity index (χ0v) is 13.9. The van der Waals surface area contributed by atoms with Crippen LogP contribution < -0.4 is 11.1 Å². The van der Waals surface area contributed by atoms with Gasteiger partial charge in [0.1, 0.15) is 6.29 Å². The second-order valence-electron chi connectivity index (χ2n) is 6.40. The summed E-state index contributed by atoms with van der Waals surface area (Å²) < 4.78 is 0. The fourth-order valence-corrected chi connectivity index (χ4v) is 2.76. The number of hydrogen-bond donors (Lipinski definition) is 2. The summed E-state index contributed by atoms with van der Waals surface area (Å²) in [6, 6.07) is 18.3. The first-order valence-electron chi connectivity index (χ1n) is 8.20. The van der Waals surface area contributed by atoms with Gasteiger partial charge in [0, 0.05) is 5.69 Å². The van der Waals surface area contributed by atoms with Gasteiger partial charge in [0.05, 0.1) is 12.1 Å². The van der Waals surface area contributed by atoms with Crippen LogP contribution in [0, 0.1) is 5.92 Å². The number of carbonyl (C=O) groups excluding carboxylic acids is 1. The van der Waals surface area contributed by atoms with Crippen molar-refractivity contribution in [3.63, 3.8) is 0 Å². The number of rotatable bonds is 8. The van der Waals surface area contributed by atoms with Crippen LogP contribution >= 0.6 is 0 Å². The summed E-state index contributed by atoms with van der Waals surface area (Å²) >= 11 is 0. The van der Waals surface area contributed by atoms with Gasteiger partial charge in [-0.2, -0.15) is 0 Å². The minimum Gasteiger partial charge on any atom is -0.378 e. The van der Waals surface area contributed by atoms with Crippen molar-refractivity contribution in [3.8, 4) is 0 Å². The van der Waals surface area contributed by atoms with Gasteiger partial charge in [-0.05, 0) is 36.0 Å². The van der Waals surface area contributed by atoms with Crippen LogP contribution in [0.25, 0.3) is 0 Å². The molecule has 0 fully saturated rings. The lowest BCUT2D eigenvalue weighted by Gasteiger charge is -2.24. The monoisotopic (exact) mass is 310 g/mol. The summed E-state index contributed by atoms with van der Waals surface area (Å²) in [5.41, 5.74) is 9.21. The van der Waals surface area contributed by atoms with Crippen LogP contribution in [0.4, 0.5) is 5.69 Å². The molecule has 122 valence electrons. The van der Waals surface area contributed by atoms with Gasteiger partial charge in [-0.15, -0.1) is 0 Å². The van der Waals surface area contributed by atoms with Crippen LogP contribution in [0.5, 0.6) is 0 Å². The highest BCUT2D eigenvalue weighted by atomic mass is 16.1. The SMILES string of the molecule is CC(C)CC(Nc1ccccc1C[C@H](N)C=O)c1ccccc1. The van der Waals surface area contributed by atoms with Gasteiger partial charge in [-0.1, -0.05) is 62.4 Å². The molecule has 0 aromatic heterocycles. The van der Waals surface area contributed by atoms with Crippen molar-refractivity contribution in [2.45, 2.75) is 38.8 Å². The van der Waals surface area contributed by atoms with Crippen molar-refractivity contribution in [2.24, 2.45) is 11.7 Å². The second-order valence-corrected chi connectivity index (χ2v) is 6.40. The van der Waals surface area contributed by atoms with E-state index >= 15 is 0 Å². The average Bonchev–Trinajstić information content (AvgIpc) is 2.56. The highest BCUT2D eigenvalue weighted by Gasteiger charge is 2.15. The molecule has 0 amide bonds. The van der Waals surface area contributed by atoms with Gasteiger partial charge in [0.2, 0.25) is 0 Å². The number of nitrogens with two attached hydrogens (primary N) is 1. The number of nitrogens with one attached hydrogen (secondary N) is 1. The van der Waals surface area contributed by atoms with Crippen molar-refractivity contribution in [2.75, 3.05) is 5.32 Å². The van der Waals surface area contributed by atoms with Gasteiger partial charge in [-0.3, -0.25) is 0 Å². The molecular weight excluding hydrogens is 284 g/mol. The quantitative estimate of drug-likeness (QED) is 0.726. The smallest absolute Gasteiger partial charge is 0.137 e. The van der Waals surface area contributed by atoms with E-state index in [0.29, 0.717) is 12.3 Å². The molecule has 0 saturated carbocycles. The first-order chi connectivity index (χ1) is 11.1. The minimum absolute atomic E-state index is 0.241. The molecule has 2 aromatic rings. The Bertz CT molecular complexity index is 610. The Balaban J connectivity index is 2.24. The number of para-hydroxylation sites is 1. The maximum atomic E-state index is 10.9. The number of benzene rings is 2. The van der Waals surface area contributed by atoms with E-state index in [0.717, 1.165) is 24.0 Å². The zero-order valence-electron chi connectivity index (χ0n) is 13.9. The summed E-state index contributed by atoms with van der Waals surface area (Å²) in [4.78, 5) is 10.9. The Kier molecular flexibility index (Phi) is 6.36. The van der Waals surface area contributed by atoms with E-state index in [1.807, 2.05) is 24.3 Å². The number of anilines is 1. The first-order valence-corrected chi connectivity index (χ1v) is 8.20. The summed E-state index contributed by atoms with van der Waals surface area (Å²) in [6.07, 6.45) is 2.40. The molecule has 0 radical (unpaired) electrons. The predicted octanol–water partition coefficient (Wildman–Crippen LogP) is 3.95. The molecule has 0 saturated heterocycles. The van der Waals surface area contributed by atoms with E-state index in [9.17, 15) is 4.79 Å². The van der Waals surface area contributed by atoms with Crippen LogP contribution in [0.2, 0.25) is 0 Å². The van der Waals surface area contributed by atoms with Crippen molar-refractivity contribution in [3.05, 3.63) is 65.7 Å². The molecule has 23 heavy (non-hydrogen) atoms. The largest absolute Gasteiger partial charge is 0.378 e. The number of carbonyl (C=O) groups is 1. The highest BCUT2D eigenvalue weighted by Crippen LogP contribution is 2.28. The van der Waals surface area contributed by atoms with E-state index in [-0.39, 0.29) is 6.04 Å². The third-order valence-corrected chi connectivity index (χ3v) is 3.89. The van der Waals surface area contributed by atoms with E-state index in [1.165, 1.54) is 5.56 Å². The summed E-state index contributed by atoms with van der Waals surface area (Å²) in [6.45, 7) is 4.46. The fraction of sp³-hybridized carbons (Fsp3) is 0.350. The average molecular weight is 310 g/mol. The summed E-state index contributed by atoms with van der Waals surface area (Å²) in [5.74, 6) is 0.581. The Hall–Kier alpha value is -2.13. The molecule has 2 atom stereocenters. The molecule has 0 heterocycles. The molecule has 0 aliphatic rings. The summed E-state index contributed by atoms with van der Waals surface area (Å²) in [7, 11) is 0. The third kappa shape index (κ3) is 5.22. The van der Waals surface area contributed by atoms with Crippen LogP contribution in [0.1, 0.15) is 37.4 Å². The standard InChI is InChI=1S/C20H26N2O/c1-15(2)12-20(16-8-4-3-5-9-16)22-19-11-7-6-10-17(19)13-18(21)14-23/h3-11,14-15,18,20,22H,12-13,21H2,1-2H3/t18-,20?/m0/s1. The Morgan fingerprint density at radius 2 is 1.70 bits per heavy atom. The Labute approximate surface area is 138 Å². The molecular formula is C20H26N2O. The Morgan fingerprint density at radius 3 is 2.35 bits per heavy atom. The highest BCUT2D eigenvalue weighted by molar-refractivity contribution is 5.61. The summed E-state index contributed by atoms with van der Waals surface area (Å²) in [5, 5.41) is 3.65. The predicted molar refractivity (Wildman–Crippen MR) is 96.4 cm³/mol. The topological polar surface area (TPSA) is 55.1 Å². The van der Waals surface area contributed by atoms with E-state index < -0.39 is 6.04 Å². The van der Waals surface area contributed by atoms with E-state index in [2.05, 4.69) is 49.5 Å². The molecule has 3 heteroatoms. The lowest BCUT2D eigenvalue weighted by atomic mass is 9.96. The third-order valence-electron chi connectivity index (χ3n) is 3.89. The number of aldehydes is 1. The first kappa shape index (κ1) is 17.2. The van der Waals surface area contributed by atoms with Gasteiger partial charge < -0.3 is 15.8 Å². The molecule has 0 aliphatic carbocycles. The van der Waals surface area contributed by atoms with Gasteiger partial charge in [0.15, 0.2) is 0 Å². The molecule has 2 rings (SSSR count). The molecule has 1 unspecified atom stereocenters. The molecule has 2 aromatic carbocycles. The molecule has 0 bridgehead atoms. The molecule has 3 nitrogen and oxygen atoms in total. The van der Waals surface area contributed by atoms with Crippen molar-refractivity contribution < 1.29 is 4.79 Å². The van der Waals surface area contributed by atoms with Crippen LogP contribution in [0.3, 0.4) is 0 Å². The number of hydrogen-bond acceptors (Lipinski definition) is 3.